The van der Waals surface area contributed by atoms with Crippen LogP contribution in [0.25, 0.3) is 10.9 Å². The summed E-state index contributed by atoms with van der Waals surface area (Å²) in [4.78, 5) is 16.3. The number of rotatable bonds is 7. The molecule has 5 rings (SSSR count). The number of hydrogen-bond donors (Lipinski definition) is 1. The van der Waals surface area contributed by atoms with Crippen LogP contribution in [0.5, 0.6) is 5.75 Å². The molecule has 1 aliphatic heterocycles. The SMILES string of the molecule is CCn1cc(CN2CCC[C@@H]2c2cncc(Nc3ncccc3C)n2)c2cc(OC)ccc21. The van der Waals surface area contributed by atoms with E-state index in [0.29, 0.717) is 0 Å². The van der Waals surface area contributed by atoms with Gasteiger partial charge in [0.15, 0.2) is 0 Å². The summed E-state index contributed by atoms with van der Waals surface area (Å²) >= 11 is 0. The molecule has 1 aliphatic rings. The minimum atomic E-state index is 0.245. The van der Waals surface area contributed by atoms with Crippen LogP contribution >= 0.6 is 0 Å². The average molecular weight is 443 g/mol. The van der Waals surface area contributed by atoms with Gasteiger partial charge in [-0.25, -0.2) is 9.97 Å². The molecule has 3 aromatic heterocycles. The van der Waals surface area contributed by atoms with Crippen LogP contribution in [-0.4, -0.2) is 38.1 Å². The van der Waals surface area contributed by atoms with Crippen LogP contribution < -0.4 is 10.1 Å². The van der Waals surface area contributed by atoms with Gasteiger partial charge < -0.3 is 14.6 Å². The van der Waals surface area contributed by atoms with Crippen molar-refractivity contribution in [2.75, 3.05) is 19.0 Å². The van der Waals surface area contributed by atoms with E-state index in [-0.39, 0.29) is 6.04 Å². The zero-order valence-corrected chi connectivity index (χ0v) is 19.5. The number of aryl methyl sites for hydroxylation is 2. The molecule has 4 heterocycles. The van der Waals surface area contributed by atoms with Gasteiger partial charge in [-0.2, -0.15) is 0 Å². The second kappa shape index (κ2) is 9.19. The Labute approximate surface area is 194 Å². The van der Waals surface area contributed by atoms with Crippen molar-refractivity contribution in [1.82, 2.24) is 24.4 Å². The van der Waals surface area contributed by atoms with E-state index < -0.39 is 0 Å². The number of ether oxygens (including phenoxy) is 1. The number of aromatic nitrogens is 4. The molecule has 1 atom stereocenters. The highest BCUT2D eigenvalue weighted by atomic mass is 16.5. The van der Waals surface area contributed by atoms with E-state index in [1.165, 1.54) is 16.5 Å². The van der Waals surface area contributed by atoms with Gasteiger partial charge in [-0.1, -0.05) is 6.07 Å². The topological polar surface area (TPSA) is 68.1 Å². The largest absolute Gasteiger partial charge is 0.497 e. The molecule has 0 aliphatic carbocycles. The Morgan fingerprint density at radius 2 is 2.12 bits per heavy atom. The lowest BCUT2D eigenvalue weighted by atomic mass is 10.1. The first-order valence-corrected chi connectivity index (χ1v) is 11.6. The number of hydrogen-bond acceptors (Lipinski definition) is 6. The maximum Gasteiger partial charge on any atom is 0.150 e. The number of benzene rings is 1. The molecule has 0 saturated carbocycles. The molecule has 1 saturated heterocycles. The van der Waals surface area contributed by atoms with E-state index in [4.69, 9.17) is 9.72 Å². The zero-order chi connectivity index (χ0) is 22.8. The van der Waals surface area contributed by atoms with Crippen molar-refractivity contribution in [3.05, 3.63) is 71.9 Å². The molecule has 7 nitrogen and oxygen atoms in total. The molecule has 170 valence electrons. The van der Waals surface area contributed by atoms with Gasteiger partial charge in [0, 0.05) is 36.4 Å². The van der Waals surface area contributed by atoms with Gasteiger partial charge in [0.05, 0.1) is 31.2 Å². The molecule has 33 heavy (non-hydrogen) atoms. The van der Waals surface area contributed by atoms with Crippen molar-refractivity contribution in [2.45, 2.75) is 45.8 Å². The van der Waals surface area contributed by atoms with Crippen LogP contribution in [0.2, 0.25) is 0 Å². The van der Waals surface area contributed by atoms with E-state index in [1.54, 1.807) is 19.5 Å². The molecule has 1 fully saturated rings. The van der Waals surface area contributed by atoms with Crippen LogP contribution in [0.15, 0.2) is 55.1 Å². The number of methoxy groups -OCH3 is 1. The van der Waals surface area contributed by atoms with Crippen molar-refractivity contribution < 1.29 is 4.74 Å². The Kier molecular flexibility index (Phi) is 5.96. The zero-order valence-electron chi connectivity index (χ0n) is 19.5. The summed E-state index contributed by atoms with van der Waals surface area (Å²) in [5.41, 5.74) is 4.66. The summed E-state index contributed by atoms with van der Waals surface area (Å²) in [5.74, 6) is 2.44. The minimum Gasteiger partial charge on any atom is -0.497 e. The number of nitrogens with one attached hydrogen (secondary N) is 1. The van der Waals surface area contributed by atoms with Crippen molar-refractivity contribution >= 4 is 22.5 Å². The molecule has 0 spiro atoms. The predicted molar refractivity (Wildman–Crippen MR) is 131 cm³/mol. The van der Waals surface area contributed by atoms with Crippen molar-refractivity contribution in [3.63, 3.8) is 0 Å². The standard InChI is InChI=1S/C26H30N6O/c1-4-31-16-19(21-13-20(33-3)9-10-23(21)31)17-32-12-6-8-24(32)22-14-27-15-25(29-22)30-26-18(2)7-5-11-28-26/h5,7,9-11,13-16,24H,4,6,8,12,17H2,1-3H3,(H,28,29,30)/t24-/m1/s1. The lowest BCUT2D eigenvalue weighted by Gasteiger charge is -2.24. The fourth-order valence-electron chi connectivity index (χ4n) is 4.77. The van der Waals surface area contributed by atoms with Gasteiger partial charge in [0.25, 0.3) is 0 Å². The van der Waals surface area contributed by atoms with Gasteiger partial charge in [0.2, 0.25) is 0 Å². The molecule has 0 bridgehead atoms. The highest BCUT2D eigenvalue weighted by molar-refractivity contribution is 5.85. The molecule has 1 N–H and O–H groups in total. The molecule has 0 unspecified atom stereocenters. The lowest BCUT2D eigenvalue weighted by molar-refractivity contribution is 0.245. The van der Waals surface area contributed by atoms with Crippen LogP contribution in [0.4, 0.5) is 11.6 Å². The summed E-state index contributed by atoms with van der Waals surface area (Å²) in [6, 6.07) is 10.6. The van der Waals surface area contributed by atoms with Gasteiger partial charge in [-0.15, -0.1) is 0 Å². The molecule has 0 amide bonds. The summed E-state index contributed by atoms with van der Waals surface area (Å²) in [6.07, 6.45) is 9.96. The third-order valence-electron chi connectivity index (χ3n) is 6.50. The minimum absolute atomic E-state index is 0.245. The Morgan fingerprint density at radius 1 is 1.21 bits per heavy atom. The van der Waals surface area contributed by atoms with Crippen LogP contribution in [-0.2, 0) is 13.1 Å². The Balaban J connectivity index is 1.41. The smallest absolute Gasteiger partial charge is 0.150 e. The van der Waals surface area contributed by atoms with Gasteiger partial charge in [0.1, 0.15) is 17.4 Å². The van der Waals surface area contributed by atoms with E-state index in [1.807, 2.05) is 31.3 Å². The first-order chi connectivity index (χ1) is 16.2. The van der Waals surface area contributed by atoms with Crippen molar-refractivity contribution in [2.24, 2.45) is 0 Å². The Bertz CT molecular complexity index is 1270. The van der Waals surface area contributed by atoms with E-state index in [9.17, 15) is 0 Å². The number of fused-ring (bicyclic) bond motifs is 1. The van der Waals surface area contributed by atoms with Gasteiger partial charge >= 0.3 is 0 Å². The van der Waals surface area contributed by atoms with Crippen LogP contribution in [0.3, 0.4) is 0 Å². The number of nitrogens with zero attached hydrogens (tertiary/aromatic N) is 5. The molecule has 7 heteroatoms. The fraction of sp³-hybridized carbons (Fsp3) is 0.346. The third kappa shape index (κ3) is 4.28. The second-order valence-electron chi connectivity index (χ2n) is 8.58. The van der Waals surface area contributed by atoms with Gasteiger partial charge in [-0.05, 0) is 68.6 Å². The summed E-state index contributed by atoms with van der Waals surface area (Å²) in [5, 5.41) is 4.59. The fourth-order valence-corrected chi connectivity index (χ4v) is 4.77. The number of pyridine rings is 1. The summed E-state index contributed by atoms with van der Waals surface area (Å²) in [6.45, 7) is 7.08. The monoisotopic (exact) mass is 442 g/mol. The van der Waals surface area contributed by atoms with Crippen molar-refractivity contribution in [3.8, 4) is 5.75 Å². The van der Waals surface area contributed by atoms with Gasteiger partial charge in [-0.3, -0.25) is 9.88 Å². The number of anilines is 2. The molecular weight excluding hydrogens is 412 g/mol. The first-order valence-electron chi connectivity index (χ1n) is 11.6. The predicted octanol–water partition coefficient (Wildman–Crippen LogP) is 5.24. The second-order valence-corrected chi connectivity index (χ2v) is 8.58. The summed E-state index contributed by atoms with van der Waals surface area (Å²) in [7, 11) is 1.72. The van der Waals surface area contributed by atoms with Crippen LogP contribution in [0, 0.1) is 6.92 Å². The van der Waals surface area contributed by atoms with Crippen LogP contribution in [0.1, 0.15) is 42.6 Å². The molecule has 0 radical (unpaired) electrons. The quantitative estimate of drug-likeness (QED) is 0.422. The lowest BCUT2D eigenvalue weighted by Crippen LogP contribution is -2.23. The molecular formula is C26H30N6O. The first kappa shape index (κ1) is 21.4. The number of likely N-dealkylation sites (tertiary alicyclic amines) is 1. The Hall–Kier alpha value is -3.45. The highest BCUT2D eigenvalue weighted by Gasteiger charge is 2.28. The van der Waals surface area contributed by atoms with E-state index in [0.717, 1.165) is 61.1 Å². The maximum atomic E-state index is 5.50. The third-order valence-corrected chi connectivity index (χ3v) is 6.50. The van der Waals surface area contributed by atoms with E-state index >= 15 is 0 Å². The Morgan fingerprint density at radius 3 is 2.94 bits per heavy atom. The van der Waals surface area contributed by atoms with Crippen molar-refractivity contribution in [1.29, 1.82) is 0 Å². The maximum absolute atomic E-state index is 5.50. The molecule has 4 aromatic rings. The normalized spacial score (nSPS) is 16.4. The van der Waals surface area contributed by atoms with E-state index in [2.05, 4.69) is 50.0 Å². The summed E-state index contributed by atoms with van der Waals surface area (Å²) < 4.78 is 7.81. The average Bonchev–Trinajstić information content (AvgIpc) is 3.45. The highest BCUT2D eigenvalue weighted by Crippen LogP contribution is 2.35. The molecule has 1 aromatic carbocycles.